The molecule has 0 aliphatic heterocycles. The molecule has 0 fully saturated rings. The molecule has 0 saturated heterocycles. The predicted molar refractivity (Wildman–Crippen MR) is 66.4 cm³/mol. The molecule has 17 heavy (non-hydrogen) atoms. The average molecular weight is 357 g/mol. The van der Waals surface area contributed by atoms with Gasteiger partial charge in [-0.05, 0) is 46.7 Å². The van der Waals surface area contributed by atoms with Gasteiger partial charge in [-0.3, -0.25) is 4.79 Å². The van der Waals surface area contributed by atoms with Crippen LogP contribution in [0.1, 0.15) is 24.9 Å². The molecule has 1 aromatic rings. The van der Waals surface area contributed by atoms with E-state index in [1.807, 2.05) is 5.32 Å². The summed E-state index contributed by atoms with van der Waals surface area (Å²) in [5, 5.41) is 1.98. The molecule has 0 aromatic heterocycles. The third-order valence-corrected chi connectivity index (χ3v) is 2.96. The molecule has 1 N–H and O–H groups in total. The smallest absolute Gasteiger partial charge is 0.341 e. The van der Waals surface area contributed by atoms with Gasteiger partial charge in [-0.15, -0.1) is 0 Å². The van der Waals surface area contributed by atoms with Crippen molar-refractivity contribution in [3.8, 4) is 0 Å². The molecule has 0 radical (unpaired) electrons. The number of nitrogens with one attached hydrogen (secondary N) is 1. The Morgan fingerprint density at radius 3 is 2.29 bits per heavy atom. The number of rotatable bonds is 3. The monoisotopic (exact) mass is 357 g/mol. The highest BCUT2D eigenvalue weighted by Crippen LogP contribution is 2.21. The molecule has 94 valence electrons. The topological polar surface area (TPSA) is 29.1 Å². The zero-order valence-corrected chi connectivity index (χ0v) is 11.2. The summed E-state index contributed by atoms with van der Waals surface area (Å²) in [5.74, 6) is -1.90. The van der Waals surface area contributed by atoms with E-state index in [0.29, 0.717) is 12.0 Å². The normalized spacial score (nSPS) is 13.2. The van der Waals surface area contributed by atoms with Crippen LogP contribution < -0.4 is 5.32 Å². The molecular weight excluding hydrogens is 346 g/mol. The highest BCUT2D eigenvalue weighted by molar-refractivity contribution is 14.1. The van der Waals surface area contributed by atoms with Gasteiger partial charge in [0.1, 0.15) is 0 Å². The van der Waals surface area contributed by atoms with E-state index in [2.05, 4.69) is 22.6 Å². The van der Waals surface area contributed by atoms with Crippen molar-refractivity contribution in [3.63, 3.8) is 0 Å². The van der Waals surface area contributed by atoms with Gasteiger partial charge in [0.05, 0.1) is 6.04 Å². The van der Waals surface area contributed by atoms with Crippen LogP contribution in [-0.2, 0) is 4.79 Å². The molecule has 6 heteroatoms. The molecule has 1 amide bonds. The predicted octanol–water partition coefficient (Wildman–Crippen LogP) is 3.42. The minimum atomic E-state index is -4.84. The van der Waals surface area contributed by atoms with E-state index in [1.165, 1.54) is 0 Å². The number of hydrogen-bond donors (Lipinski definition) is 1. The zero-order valence-electron chi connectivity index (χ0n) is 9.01. The van der Waals surface area contributed by atoms with Crippen LogP contribution in [0.3, 0.4) is 0 Å². The Morgan fingerprint density at radius 1 is 1.35 bits per heavy atom. The number of amides is 1. The molecule has 1 aromatic carbocycles. The third-order valence-electron chi connectivity index (χ3n) is 2.24. The first-order valence-electron chi connectivity index (χ1n) is 4.97. The fourth-order valence-corrected chi connectivity index (χ4v) is 1.72. The second kappa shape index (κ2) is 5.70. The summed E-state index contributed by atoms with van der Waals surface area (Å²) in [5.41, 5.74) is 0.672. The van der Waals surface area contributed by atoms with E-state index in [9.17, 15) is 18.0 Å². The number of halogens is 4. The van der Waals surface area contributed by atoms with Crippen molar-refractivity contribution in [3.05, 3.63) is 33.4 Å². The SMILES string of the molecule is CC[C@@H](NC(=O)C(F)(F)F)c1ccc(I)cc1. The Labute approximate surface area is 111 Å². The van der Waals surface area contributed by atoms with Crippen molar-refractivity contribution in [1.82, 2.24) is 5.32 Å². The van der Waals surface area contributed by atoms with Crippen LogP contribution in [0.4, 0.5) is 13.2 Å². The van der Waals surface area contributed by atoms with E-state index < -0.39 is 18.1 Å². The number of carbonyl (C=O) groups is 1. The molecular formula is C11H11F3INO. The first-order valence-corrected chi connectivity index (χ1v) is 6.05. The zero-order chi connectivity index (χ0) is 13.1. The highest BCUT2D eigenvalue weighted by atomic mass is 127. The molecule has 2 nitrogen and oxygen atoms in total. The summed E-state index contributed by atoms with van der Waals surface area (Å²) >= 11 is 2.10. The fourth-order valence-electron chi connectivity index (χ4n) is 1.36. The van der Waals surface area contributed by atoms with Crippen molar-refractivity contribution in [2.24, 2.45) is 0 Å². The number of carbonyl (C=O) groups excluding carboxylic acids is 1. The molecule has 0 heterocycles. The van der Waals surface area contributed by atoms with Gasteiger partial charge in [-0.25, -0.2) is 0 Å². The second-order valence-electron chi connectivity index (χ2n) is 3.48. The molecule has 0 bridgehead atoms. The van der Waals surface area contributed by atoms with Gasteiger partial charge in [0.2, 0.25) is 0 Å². The van der Waals surface area contributed by atoms with Gasteiger partial charge in [0.15, 0.2) is 0 Å². The van der Waals surface area contributed by atoms with Gasteiger partial charge < -0.3 is 5.32 Å². The molecule has 0 unspecified atom stereocenters. The molecule has 1 atom stereocenters. The van der Waals surface area contributed by atoms with E-state index in [-0.39, 0.29) is 0 Å². The molecule has 0 spiro atoms. The van der Waals surface area contributed by atoms with Crippen molar-refractivity contribution in [2.75, 3.05) is 0 Å². The maximum atomic E-state index is 12.1. The lowest BCUT2D eigenvalue weighted by Crippen LogP contribution is -2.38. The quantitative estimate of drug-likeness (QED) is 0.826. The number of hydrogen-bond acceptors (Lipinski definition) is 1. The maximum absolute atomic E-state index is 12.1. The molecule has 1 rings (SSSR count). The van der Waals surface area contributed by atoms with Gasteiger partial charge in [0.25, 0.3) is 0 Å². The summed E-state index contributed by atoms with van der Waals surface area (Å²) < 4.78 is 37.3. The summed E-state index contributed by atoms with van der Waals surface area (Å²) in [6, 6.07) is 6.40. The Kier molecular flexibility index (Phi) is 4.79. The minimum Gasteiger partial charge on any atom is -0.341 e. The van der Waals surface area contributed by atoms with Crippen LogP contribution in [0, 0.1) is 3.57 Å². The average Bonchev–Trinajstić information content (AvgIpc) is 2.25. The largest absolute Gasteiger partial charge is 0.471 e. The summed E-state index contributed by atoms with van der Waals surface area (Å²) in [6.07, 6.45) is -4.43. The Bertz CT molecular complexity index is 389. The fraction of sp³-hybridized carbons (Fsp3) is 0.364. The van der Waals surface area contributed by atoms with Crippen molar-refractivity contribution >= 4 is 28.5 Å². The second-order valence-corrected chi connectivity index (χ2v) is 4.73. The highest BCUT2D eigenvalue weighted by Gasteiger charge is 2.39. The van der Waals surface area contributed by atoms with Crippen molar-refractivity contribution < 1.29 is 18.0 Å². The third kappa shape index (κ3) is 4.18. The van der Waals surface area contributed by atoms with Crippen LogP contribution in [0.5, 0.6) is 0 Å². The first kappa shape index (κ1) is 14.3. The van der Waals surface area contributed by atoms with Crippen molar-refractivity contribution in [2.45, 2.75) is 25.6 Å². The molecule has 0 aliphatic rings. The van der Waals surface area contributed by atoms with Crippen LogP contribution in [0.2, 0.25) is 0 Å². The van der Waals surface area contributed by atoms with E-state index >= 15 is 0 Å². The molecule has 0 aliphatic carbocycles. The standard InChI is InChI=1S/C11H11F3INO/c1-2-9(16-10(17)11(12,13)14)7-3-5-8(15)6-4-7/h3-6,9H,2H2,1H3,(H,16,17)/t9-/m1/s1. The summed E-state index contributed by atoms with van der Waals surface area (Å²) in [4.78, 5) is 10.8. The van der Waals surface area contributed by atoms with Crippen molar-refractivity contribution in [1.29, 1.82) is 0 Å². The summed E-state index contributed by atoms with van der Waals surface area (Å²) in [7, 11) is 0. The van der Waals surface area contributed by atoms with Gasteiger partial charge in [-0.1, -0.05) is 19.1 Å². The van der Waals surface area contributed by atoms with E-state index in [1.54, 1.807) is 31.2 Å². The van der Waals surface area contributed by atoms with Gasteiger partial charge in [-0.2, -0.15) is 13.2 Å². The van der Waals surface area contributed by atoms with E-state index in [4.69, 9.17) is 0 Å². The van der Waals surface area contributed by atoms with Crippen LogP contribution in [0.15, 0.2) is 24.3 Å². The lowest BCUT2D eigenvalue weighted by molar-refractivity contribution is -0.174. The van der Waals surface area contributed by atoms with Gasteiger partial charge >= 0.3 is 12.1 Å². The summed E-state index contributed by atoms with van der Waals surface area (Å²) in [6.45, 7) is 1.72. The van der Waals surface area contributed by atoms with Crippen LogP contribution in [0.25, 0.3) is 0 Å². The lowest BCUT2D eigenvalue weighted by atomic mass is 10.0. The first-order chi connectivity index (χ1) is 7.84. The van der Waals surface area contributed by atoms with Crippen LogP contribution in [-0.4, -0.2) is 12.1 Å². The number of alkyl halides is 3. The van der Waals surface area contributed by atoms with E-state index in [0.717, 1.165) is 3.57 Å². The number of benzene rings is 1. The van der Waals surface area contributed by atoms with Gasteiger partial charge in [0, 0.05) is 3.57 Å². The Morgan fingerprint density at radius 2 is 1.88 bits per heavy atom. The Hall–Kier alpha value is -0.790. The molecule has 0 saturated carbocycles. The lowest BCUT2D eigenvalue weighted by Gasteiger charge is -2.18. The Balaban J connectivity index is 2.79. The van der Waals surface area contributed by atoms with Crippen LogP contribution >= 0.6 is 22.6 Å². The minimum absolute atomic E-state index is 0.405. The maximum Gasteiger partial charge on any atom is 0.471 e.